The van der Waals surface area contributed by atoms with E-state index in [9.17, 15) is 15.0 Å². The van der Waals surface area contributed by atoms with Crippen LogP contribution in [0.25, 0.3) is 11.4 Å². The first-order valence-electron chi connectivity index (χ1n) is 12.0. The summed E-state index contributed by atoms with van der Waals surface area (Å²) in [5.74, 6) is 6.33. The third kappa shape index (κ3) is 3.71. The van der Waals surface area contributed by atoms with Crippen LogP contribution >= 0.6 is 0 Å². The molecule has 186 valence electrons. The molecule has 1 aliphatic carbocycles. The number of carbonyl (C=O) groups excluding carboxylic acids is 1. The molecular weight excluding hydrogens is 470 g/mol. The van der Waals surface area contributed by atoms with Crippen LogP contribution < -0.4 is 5.73 Å². The van der Waals surface area contributed by atoms with Crippen molar-refractivity contribution in [3.8, 4) is 23.2 Å². The zero-order valence-electron chi connectivity index (χ0n) is 20.3. The molecule has 0 spiro atoms. The number of rotatable bonds is 4. The van der Waals surface area contributed by atoms with Gasteiger partial charge in [0.15, 0.2) is 17.1 Å². The number of carbonyl (C=O) groups is 1. The van der Waals surface area contributed by atoms with Crippen molar-refractivity contribution >= 4 is 5.91 Å². The minimum atomic E-state index is -1.53. The number of imidazole rings is 1. The number of hydrogen-bond donors (Lipinski definition) is 3. The second-order valence-corrected chi connectivity index (χ2v) is 9.70. The van der Waals surface area contributed by atoms with Gasteiger partial charge in [-0.3, -0.25) is 9.48 Å². The fourth-order valence-electron chi connectivity index (χ4n) is 5.28. The van der Waals surface area contributed by atoms with Crippen molar-refractivity contribution in [2.24, 2.45) is 12.8 Å². The lowest BCUT2D eigenvalue weighted by Crippen LogP contribution is -2.27. The molecule has 3 aliphatic rings. The van der Waals surface area contributed by atoms with E-state index in [1.807, 2.05) is 22.8 Å². The highest BCUT2D eigenvalue weighted by atomic mass is 16.3. The average molecular weight is 496 g/mol. The third-order valence-electron chi connectivity index (χ3n) is 7.24. The van der Waals surface area contributed by atoms with Crippen molar-refractivity contribution in [3.05, 3.63) is 83.0 Å². The van der Waals surface area contributed by atoms with Crippen molar-refractivity contribution in [1.29, 1.82) is 0 Å². The fraction of sp³-hybridized carbons (Fsp3) is 0.296. The number of nitrogens with zero attached hydrogens (tertiary/aromatic N) is 6. The topological polar surface area (TPSA) is 145 Å². The third-order valence-corrected chi connectivity index (χ3v) is 7.24. The van der Waals surface area contributed by atoms with Crippen LogP contribution in [0.2, 0.25) is 0 Å². The van der Waals surface area contributed by atoms with Gasteiger partial charge in [-0.1, -0.05) is 17.9 Å². The first-order valence-corrected chi connectivity index (χ1v) is 12.0. The van der Waals surface area contributed by atoms with E-state index in [0.29, 0.717) is 28.7 Å². The summed E-state index contributed by atoms with van der Waals surface area (Å²) >= 11 is 0. The Hall–Kier alpha value is -4.33. The molecule has 2 atom stereocenters. The fourth-order valence-corrected chi connectivity index (χ4v) is 5.28. The van der Waals surface area contributed by atoms with Gasteiger partial charge < -0.3 is 20.5 Å². The SMILES string of the molecule is Cn1nccc1C(O)c1c(C(N)=O)nc2n1C1CC(C1)c1ccc(C#C[C@@](C)(O)c3ncccn3)cc1-2. The Morgan fingerprint density at radius 3 is 2.65 bits per heavy atom. The van der Waals surface area contributed by atoms with Gasteiger partial charge in [-0.25, -0.2) is 15.0 Å². The molecule has 7 rings (SSSR count). The maximum absolute atomic E-state index is 12.5. The van der Waals surface area contributed by atoms with E-state index >= 15 is 0 Å². The Morgan fingerprint density at radius 1 is 1.22 bits per heavy atom. The van der Waals surface area contributed by atoms with Crippen LogP contribution in [-0.4, -0.2) is 45.4 Å². The Morgan fingerprint density at radius 2 is 1.97 bits per heavy atom. The number of primary amides is 1. The summed E-state index contributed by atoms with van der Waals surface area (Å²) < 4.78 is 3.53. The van der Waals surface area contributed by atoms with Crippen molar-refractivity contribution in [2.45, 2.75) is 43.4 Å². The Balaban J connectivity index is 1.48. The summed E-state index contributed by atoms with van der Waals surface area (Å²) in [6.07, 6.45) is 5.31. The molecule has 1 aromatic carbocycles. The maximum Gasteiger partial charge on any atom is 0.269 e. The number of aryl methyl sites for hydroxylation is 1. The highest BCUT2D eigenvalue weighted by molar-refractivity contribution is 5.93. The summed E-state index contributed by atoms with van der Waals surface area (Å²) in [6, 6.07) is 9.32. The van der Waals surface area contributed by atoms with Crippen LogP contribution in [0.5, 0.6) is 0 Å². The van der Waals surface area contributed by atoms with Gasteiger partial charge in [0.1, 0.15) is 11.9 Å². The van der Waals surface area contributed by atoms with Crippen LogP contribution in [0.15, 0.2) is 48.9 Å². The molecule has 0 radical (unpaired) electrons. The van der Waals surface area contributed by atoms with Crippen molar-refractivity contribution in [1.82, 2.24) is 29.3 Å². The van der Waals surface area contributed by atoms with E-state index in [1.165, 1.54) is 0 Å². The van der Waals surface area contributed by atoms with Crippen molar-refractivity contribution in [3.63, 3.8) is 0 Å². The Bertz CT molecular complexity index is 1590. The van der Waals surface area contributed by atoms with Crippen molar-refractivity contribution < 1.29 is 15.0 Å². The van der Waals surface area contributed by atoms with Gasteiger partial charge in [-0.15, -0.1) is 0 Å². The number of aliphatic hydroxyl groups is 2. The molecule has 5 heterocycles. The molecule has 4 aromatic rings. The van der Waals surface area contributed by atoms with E-state index < -0.39 is 17.6 Å². The molecular formula is C27H25N7O3. The molecule has 0 saturated heterocycles. The minimum Gasteiger partial charge on any atom is -0.380 e. The van der Waals surface area contributed by atoms with Gasteiger partial charge in [0.2, 0.25) is 0 Å². The average Bonchev–Trinajstić information content (AvgIpc) is 3.41. The molecule has 4 N–H and O–H groups in total. The summed E-state index contributed by atoms with van der Waals surface area (Å²) in [4.78, 5) is 25.4. The zero-order chi connectivity index (χ0) is 25.9. The predicted molar refractivity (Wildman–Crippen MR) is 133 cm³/mol. The zero-order valence-corrected chi connectivity index (χ0v) is 20.3. The van der Waals surface area contributed by atoms with E-state index in [-0.39, 0.29) is 17.6 Å². The first-order chi connectivity index (χ1) is 17.7. The van der Waals surface area contributed by atoms with Crippen LogP contribution in [-0.2, 0) is 12.6 Å². The summed E-state index contributed by atoms with van der Waals surface area (Å²) in [7, 11) is 1.73. The predicted octanol–water partition coefficient (Wildman–Crippen LogP) is 1.95. The highest BCUT2D eigenvalue weighted by Gasteiger charge is 2.42. The van der Waals surface area contributed by atoms with E-state index in [1.54, 1.807) is 49.4 Å². The van der Waals surface area contributed by atoms with Gasteiger partial charge in [-0.05, 0) is 55.5 Å². The monoisotopic (exact) mass is 495 g/mol. The summed E-state index contributed by atoms with van der Waals surface area (Å²) in [5, 5.41) is 26.3. The molecule has 1 unspecified atom stereocenters. The molecule has 37 heavy (non-hydrogen) atoms. The molecule has 2 bridgehead atoms. The van der Waals surface area contributed by atoms with Gasteiger partial charge in [-0.2, -0.15) is 5.10 Å². The van der Waals surface area contributed by atoms with Gasteiger partial charge in [0.25, 0.3) is 5.91 Å². The molecule has 10 heteroatoms. The minimum absolute atomic E-state index is 0.0423. The number of amides is 1. The smallest absolute Gasteiger partial charge is 0.269 e. The van der Waals surface area contributed by atoms with Crippen LogP contribution in [0.1, 0.15) is 76.7 Å². The lowest BCUT2D eigenvalue weighted by molar-refractivity contribution is 0.0988. The highest BCUT2D eigenvalue weighted by Crippen LogP contribution is 2.53. The maximum atomic E-state index is 12.5. The standard InChI is InChI=1S/C27H25N7O3/c1-27(37,26-29-9-3-10-30-26)8-6-15-4-5-18-16-13-17(14-16)34-22(23(35)20-7-11-31-33(20)2)21(24(28)36)32-25(34)19(18)12-15/h3-5,7,9-12,16-17,23,35,37H,13-14H2,1-2H3,(H2,28,36)/t16?,17?,23?,27-/m1/s1. The second-order valence-electron chi connectivity index (χ2n) is 9.70. The van der Waals surface area contributed by atoms with Gasteiger partial charge in [0.05, 0.1) is 11.4 Å². The molecule has 2 aliphatic heterocycles. The van der Waals surface area contributed by atoms with Gasteiger partial charge >= 0.3 is 0 Å². The molecule has 10 nitrogen and oxygen atoms in total. The number of aromatic nitrogens is 6. The molecule has 3 aromatic heterocycles. The van der Waals surface area contributed by atoms with E-state index in [2.05, 4.69) is 31.9 Å². The van der Waals surface area contributed by atoms with Crippen molar-refractivity contribution in [2.75, 3.05) is 0 Å². The lowest BCUT2D eigenvalue weighted by atomic mass is 9.75. The van der Waals surface area contributed by atoms with Crippen LogP contribution in [0.3, 0.4) is 0 Å². The summed E-state index contributed by atoms with van der Waals surface area (Å²) in [5.41, 5.74) is 7.78. The number of benzene rings is 1. The second kappa shape index (κ2) is 8.37. The lowest BCUT2D eigenvalue weighted by Gasteiger charge is -2.36. The normalized spacial score (nSPS) is 19.8. The van der Waals surface area contributed by atoms with Gasteiger partial charge in [0, 0.05) is 42.8 Å². The number of hydrogen-bond acceptors (Lipinski definition) is 7. The molecule has 1 fully saturated rings. The Labute approximate surface area is 212 Å². The first kappa shape index (κ1) is 23.1. The van der Waals surface area contributed by atoms with E-state index in [0.717, 1.165) is 24.0 Å². The largest absolute Gasteiger partial charge is 0.380 e. The molecule has 1 saturated carbocycles. The molecule has 1 amide bonds. The number of aliphatic hydroxyl groups excluding tert-OH is 1. The Kier molecular flexibility index (Phi) is 5.22. The van der Waals surface area contributed by atoms with E-state index in [4.69, 9.17) is 5.73 Å². The van der Waals surface area contributed by atoms with Crippen LogP contribution in [0, 0.1) is 11.8 Å². The quantitative estimate of drug-likeness (QED) is 0.367. The summed E-state index contributed by atoms with van der Waals surface area (Å²) in [6.45, 7) is 1.55. The van der Waals surface area contributed by atoms with Crippen LogP contribution in [0.4, 0.5) is 0 Å². The number of nitrogens with two attached hydrogens (primary N) is 1.